The summed E-state index contributed by atoms with van der Waals surface area (Å²) in [5.74, 6) is 2.47. The molecule has 2 saturated heterocycles. The molecule has 4 aromatic heterocycles. The van der Waals surface area contributed by atoms with Crippen molar-refractivity contribution in [1.82, 2.24) is 34.3 Å². The average Bonchev–Trinajstić information content (AvgIpc) is 4.10. The molecule has 0 atom stereocenters. The maximum atomic E-state index is 13.0. The van der Waals surface area contributed by atoms with E-state index in [1.165, 1.54) is 11.1 Å². The highest BCUT2D eigenvalue weighted by molar-refractivity contribution is 9.11. The van der Waals surface area contributed by atoms with Crippen molar-refractivity contribution < 1.29 is 23.8 Å². The van der Waals surface area contributed by atoms with Gasteiger partial charge in [-0.2, -0.15) is 0 Å². The molecule has 0 bridgehead atoms. The molecule has 18 heteroatoms. The summed E-state index contributed by atoms with van der Waals surface area (Å²) in [6.45, 7) is 13.2. The normalized spacial score (nSPS) is 17.9. The number of hydrogen-bond acceptors (Lipinski definition) is 11. The number of carbonyl (C=O) groups excluding carboxylic acids is 2. The van der Waals surface area contributed by atoms with Crippen molar-refractivity contribution in [1.29, 1.82) is 0 Å². The zero-order valence-corrected chi connectivity index (χ0v) is 46.3. The van der Waals surface area contributed by atoms with Crippen LogP contribution in [0.25, 0.3) is 33.7 Å². The third-order valence-electron chi connectivity index (χ3n) is 13.9. The van der Waals surface area contributed by atoms with Gasteiger partial charge in [-0.15, -0.1) is 22.7 Å². The van der Waals surface area contributed by atoms with Crippen molar-refractivity contribution >= 4 is 101 Å². The van der Waals surface area contributed by atoms with E-state index in [0.717, 1.165) is 116 Å². The standard InChI is InChI=1S/C27H27BrClN5O2S.C24H30BrClN2O3S/c1-27(7-8-27)18-12-17(13-19(28)23(18)36-2)22-24(29)37-26(32-22)16-5-10-33(11-6-16)21(35)14-34-15-31-20-4-3-9-30-25(20)34;1-23(2,3)31-22(29)28-10-6-14(7-11-28)21-27-18(20(26)32-21)15-12-16(24(4)8-9-24)19(30-5)17(25)13-15/h3-4,9,12-13,15-16H,5-8,10-11,14H2,1-2H3;12-14H,6-11H2,1-5H3. The van der Waals surface area contributed by atoms with Gasteiger partial charge < -0.3 is 28.6 Å². The number of imidazole rings is 1. The van der Waals surface area contributed by atoms with Gasteiger partial charge in [-0.25, -0.2) is 24.7 Å². The predicted molar refractivity (Wildman–Crippen MR) is 283 cm³/mol. The van der Waals surface area contributed by atoms with Gasteiger partial charge in [-0.05, 0) is 151 Å². The van der Waals surface area contributed by atoms with Gasteiger partial charge in [0.1, 0.15) is 49.2 Å². The number of ether oxygens (including phenoxy) is 3. The van der Waals surface area contributed by atoms with Crippen LogP contribution in [0.5, 0.6) is 11.5 Å². The van der Waals surface area contributed by atoms with E-state index < -0.39 is 5.60 Å². The van der Waals surface area contributed by atoms with Crippen LogP contribution in [-0.2, 0) is 26.9 Å². The monoisotopic (exact) mass is 1140 g/mol. The molecule has 4 aliphatic rings. The topological polar surface area (TPSA) is 125 Å². The predicted octanol–water partition coefficient (Wildman–Crippen LogP) is 13.8. The van der Waals surface area contributed by atoms with Crippen LogP contribution in [0.4, 0.5) is 4.79 Å². The first-order chi connectivity index (χ1) is 32.9. The summed E-state index contributed by atoms with van der Waals surface area (Å²) in [6, 6.07) is 12.2. The van der Waals surface area contributed by atoms with E-state index in [0.29, 0.717) is 40.8 Å². The van der Waals surface area contributed by atoms with Crippen molar-refractivity contribution in [2.45, 2.75) is 121 Å². The van der Waals surface area contributed by atoms with Crippen LogP contribution in [-0.4, -0.2) is 92.3 Å². The molecule has 0 unspecified atom stereocenters. The van der Waals surface area contributed by atoms with Crippen molar-refractivity contribution in [2.24, 2.45) is 0 Å². The number of halogens is 4. The lowest BCUT2D eigenvalue weighted by Crippen LogP contribution is -2.41. The summed E-state index contributed by atoms with van der Waals surface area (Å²) in [7, 11) is 3.43. The number of fused-ring (bicyclic) bond motifs is 1. The molecular formula is C51H57Br2Cl2N7O5S2. The highest BCUT2D eigenvalue weighted by Crippen LogP contribution is 2.55. The van der Waals surface area contributed by atoms with E-state index in [2.05, 4.69) is 73.9 Å². The summed E-state index contributed by atoms with van der Waals surface area (Å²) in [5, 5.41) is 2.09. The van der Waals surface area contributed by atoms with Crippen LogP contribution >= 0.6 is 77.7 Å². The van der Waals surface area contributed by atoms with Gasteiger partial charge in [-0.1, -0.05) is 37.0 Å². The lowest BCUT2D eigenvalue weighted by molar-refractivity contribution is -0.132. The highest BCUT2D eigenvalue weighted by Gasteiger charge is 2.43. The van der Waals surface area contributed by atoms with E-state index in [9.17, 15) is 9.59 Å². The van der Waals surface area contributed by atoms with Crippen molar-refractivity contribution in [3.63, 3.8) is 0 Å². The Morgan fingerprint density at radius 2 is 1.23 bits per heavy atom. The molecule has 6 heterocycles. The number of carbonyl (C=O) groups is 2. The van der Waals surface area contributed by atoms with Gasteiger partial charge in [0.25, 0.3) is 0 Å². The Kier molecular flexibility index (Phi) is 14.5. The SMILES string of the molecule is COc1c(Br)cc(-c2nc(C3CCN(C(=O)Cn4cnc5cccnc54)CC3)sc2Cl)cc1C1(C)CC1.COc1c(Br)cc(-c2nc(C3CCN(C(=O)OC(C)(C)C)CC3)sc2Cl)cc1C1(C)CC1. The number of amides is 2. The number of methoxy groups -OCH3 is 2. The summed E-state index contributed by atoms with van der Waals surface area (Å²) < 4.78 is 22.0. The second kappa shape index (κ2) is 20.0. The first-order valence-electron chi connectivity index (χ1n) is 23.5. The molecule has 0 N–H and O–H groups in total. The summed E-state index contributed by atoms with van der Waals surface area (Å²) >= 11 is 23.9. The maximum Gasteiger partial charge on any atom is 0.410 e. The lowest BCUT2D eigenvalue weighted by Gasteiger charge is -2.32. The Balaban J connectivity index is 0.000000174. The molecule has 6 aromatic rings. The van der Waals surface area contributed by atoms with Crippen LogP contribution in [0.2, 0.25) is 8.67 Å². The molecule has 69 heavy (non-hydrogen) atoms. The minimum Gasteiger partial charge on any atom is -0.495 e. The molecule has 10 rings (SSSR count). The van der Waals surface area contributed by atoms with Gasteiger partial charge in [0.05, 0.1) is 39.5 Å². The molecule has 12 nitrogen and oxygen atoms in total. The summed E-state index contributed by atoms with van der Waals surface area (Å²) in [5.41, 5.74) is 7.46. The summed E-state index contributed by atoms with van der Waals surface area (Å²) in [4.78, 5) is 47.8. The zero-order valence-electron chi connectivity index (χ0n) is 40.0. The number of rotatable bonds is 10. The lowest BCUT2D eigenvalue weighted by atomic mass is 9.94. The Morgan fingerprint density at radius 1 is 0.754 bits per heavy atom. The fourth-order valence-electron chi connectivity index (χ4n) is 9.29. The van der Waals surface area contributed by atoms with Crippen molar-refractivity contribution in [3.05, 3.63) is 87.7 Å². The van der Waals surface area contributed by atoms with Gasteiger partial charge >= 0.3 is 6.09 Å². The van der Waals surface area contributed by atoms with E-state index in [4.69, 9.17) is 47.4 Å². The number of hydrogen-bond donors (Lipinski definition) is 0. The second-order valence-electron chi connectivity index (χ2n) is 20.2. The molecule has 0 spiro atoms. The Labute approximate surface area is 438 Å². The third-order valence-corrected chi connectivity index (χ3v) is 17.9. The van der Waals surface area contributed by atoms with Gasteiger partial charge in [0, 0.05) is 66.5 Å². The van der Waals surface area contributed by atoms with Crippen LogP contribution in [0, 0.1) is 0 Å². The Hall–Kier alpha value is -3.80. The summed E-state index contributed by atoms with van der Waals surface area (Å²) in [6.07, 6.45) is 11.3. The maximum absolute atomic E-state index is 13.0. The molecule has 2 aliphatic carbocycles. The Bertz CT molecular complexity index is 2890. The van der Waals surface area contributed by atoms with E-state index in [1.54, 1.807) is 54.3 Å². The van der Waals surface area contributed by atoms with E-state index in [-0.39, 0.29) is 35.3 Å². The first kappa shape index (κ1) is 50.2. The number of piperidine rings is 2. The molecular weight excluding hydrogens is 1090 g/mol. The van der Waals surface area contributed by atoms with Gasteiger partial charge in [0.2, 0.25) is 5.91 Å². The van der Waals surface area contributed by atoms with Crippen LogP contribution in [0.15, 0.2) is 57.9 Å². The largest absolute Gasteiger partial charge is 0.495 e. The molecule has 0 radical (unpaired) electrons. The number of pyridine rings is 1. The minimum atomic E-state index is -0.477. The molecule has 2 aromatic carbocycles. The molecule has 2 aliphatic heterocycles. The average molecular weight is 1140 g/mol. The van der Waals surface area contributed by atoms with E-state index in [1.807, 2.05) is 48.4 Å². The highest BCUT2D eigenvalue weighted by atomic mass is 79.9. The van der Waals surface area contributed by atoms with Crippen molar-refractivity contribution in [2.75, 3.05) is 40.4 Å². The number of nitrogens with zero attached hydrogens (tertiary/aromatic N) is 7. The quantitative estimate of drug-likeness (QED) is 0.132. The fraction of sp³-hybridized carbons (Fsp3) is 0.490. The molecule has 366 valence electrons. The van der Waals surface area contributed by atoms with Crippen LogP contribution in [0.1, 0.15) is 119 Å². The number of likely N-dealkylation sites (tertiary alicyclic amines) is 2. The zero-order chi connectivity index (χ0) is 49.0. The number of thiazole rings is 2. The minimum absolute atomic E-state index is 0.0884. The van der Waals surface area contributed by atoms with Crippen LogP contribution in [0.3, 0.4) is 0 Å². The van der Waals surface area contributed by atoms with Crippen molar-refractivity contribution in [3.8, 4) is 34.0 Å². The fourth-order valence-corrected chi connectivity index (χ4v) is 13.3. The first-order valence-corrected chi connectivity index (χ1v) is 27.4. The molecule has 2 saturated carbocycles. The smallest absolute Gasteiger partial charge is 0.410 e. The molecule has 4 fully saturated rings. The van der Waals surface area contributed by atoms with Crippen LogP contribution < -0.4 is 9.47 Å². The molecule has 2 amide bonds. The number of aromatic nitrogens is 5. The third kappa shape index (κ3) is 10.9. The van der Waals surface area contributed by atoms with E-state index >= 15 is 0 Å². The van der Waals surface area contributed by atoms with Gasteiger partial charge in [0.15, 0.2) is 5.65 Å². The van der Waals surface area contributed by atoms with Gasteiger partial charge in [-0.3, -0.25) is 4.79 Å². The number of benzene rings is 2. The second-order valence-corrected chi connectivity index (χ2v) is 25.1. The Morgan fingerprint density at radius 3 is 1.68 bits per heavy atom.